The molecule has 0 aliphatic carbocycles. The molecule has 4 N–H and O–H groups in total. The van der Waals surface area contributed by atoms with Gasteiger partial charge >= 0.3 is 0 Å². The summed E-state index contributed by atoms with van der Waals surface area (Å²) in [5, 5.41) is 0. The Kier molecular flexibility index (Phi) is 8.04. The number of hydrogen-bond acceptors (Lipinski definition) is 1. The third kappa shape index (κ3) is 7.55. The second-order valence-corrected chi connectivity index (χ2v) is 5.07. The van der Waals surface area contributed by atoms with Crippen molar-refractivity contribution in [2.45, 2.75) is 65.7 Å². The molecule has 0 spiro atoms. The van der Waals surface area contributed by atoms with Gasteiger partial charge in [0.05, 0.1) is 0 Å². The average Bonchev–Trinajstić information content (AvgIpc) is 2.22. The summed E-state index contributed by atoms with van der Waals surface area (Å²) in [4.78, 5) is 4.04. The van der Waals surface area contributed by atoms with Gasteiger partial charge in [0.15, 0.2) is 5.96 Å². The van der Waals surface area contributed by atoms with Crippen LogP contribution in [0.5, 0.6) is 0 Å². The van der Waals surface area contributed by atoms with E-state index in [4.69, 9.17) is 11.5 Å². The first-order valence-corrected chi connectivity index (χ1v) is 6.59. The Morgan fingerprint density at radius 1 is 1.00 bits per heavy atom. The largest absolute Gasteiger partial charge is 0.370 e. The van der Waals surface area contributed by atoms with Gasteiger partial charge in [0, 0.05) is 6.54 Å². The summed E-state index contributed by atoms with van der Waals surface area (Å²) in [6.45, 7) is 7.70. The molecule has 0 amide bonds. The molecule has 0 aliphatic heterocycles. The van der Waals surface area contributed by atoms with Crippen molar-refractivity contribution in [3.05, 3.63) is 0 Å². The van der Waals surface area contributed by atoms with Gasteiger partial charge in [-0.15, -0.1) is 0 Å². The van der Waals surface area contributed by atoms with Crippen molar-refractivity contribution in [3.63, 3.8) is 0 Å². The summed E-state index contributed by atoms with van der Waals surface area (Å²) in [7, 11) is 0. The Balaban J connectivity index is 3.96. The van der Waals surface area contributed by atoms with Gasteiger partial charge in [-0.1, -0.05) is 40.0 Å². The quantitative estimate of drug-likeness (QED) is 0.361. The number of aliphatic imine (C=N–C) groups is 1. The van der Waals surface area contributed by atoms with Crippen LogP contribution in [0, 0.1) is 5.41 Å². The molecule has 0 saturated carbocycles. The van der Waals surface area contributed by atoms with Crippen molar-refractivity contribution in [3.8, 4) is 0 Å². The predicted octanol–water partition coefficient (Wildman–Crippen LogP) is 3.04. The van der Waals surface area contributed by atoms with Crippen molar-refractivity contribution in [2.75, 3.05) is 6.54 Å². The zero-order valence-electron chi connectivity index (χ0n) is 11.3. The molecule has 0 radical (unpaired) electrons. The predicted molar refractivity (Wildman–Crippen MR) is 72.5 cm³/mol. The molecule has 0 aliphatic rings. The van der Waals surface area contributed by atoms with E-state index in [2.05, 4.69) is 25.8 Å². The molecule has 3 nitrogen and oxygen atoms in total. The van der Waals surface area contributed by atoms with Crippen LogP contribution in [0.1, 0.15) is 65.7 Å². The molecule has 96 valence electrons. The first-order chi connectivity index (χ1) is 7.54. The highest BCUT2D eigenvalue weighted by Crippen LogP contribution is 2.34. The van der Waals surface area contributed by atoms with Crippen molar-refractivity contribution in [2.24, 2.45) is 21.9 Å². The van der Waals surface area contributed by atoms with E-state index in [0.29, 0.717) is 5.41 Å². The summed E-state index contributed by atoms with van der Waals surface area (Å²) in [5.41, 5.74) is 11.1. The van der Waals surface area contributed by atoms with Crippen LogP contribution >= 0.6 is 0 Å². The van der Waals surface area contributed by atoms with Crippen LogP contribution in [-0.4, -0.2) is 12.5 Å². The number of rotatable bonds is 9. The summed E-state index contributed by atoms with van der Waals surface area (Å²) < 4.78 is 0. The minimum absolute atomic E-state index is 0.214. The minimum Gasteiger partial charge on any atom is -0.370 e. The van der Waals surface area contributed by atoms with E-state index in [1.165, 1.54) is 38.5 Å². The summed E-state index contributed by atoms with van der Waals surface area (Å²) in [6, 6.07) is 0. The van der Waals surface area contributed by atoms with Gasteiger partial charge in [0.1, 0.15) is 0 Å². The van der Waals surface area contributed by atoms with Gasteiger partial charge < -0.3 is 11.5 Å². The maximum atomic E-state index is 5.31. The number of unbranched alkanes of at least 4 members (excludes halogenated alkanes) is 1. The second-order valence-electron chi connectivity index (χ2n) is 5.07. The van der Waals surface area contributed by atoms with Crippen molar-refractivity contribution >= 4 is 5.96 Å². The normalized spacial score (nSPS) is 14.4. The molecule has 0 rings (SSSR count). The monoisotopic (exact) mass is 227 g/mol. The number of hydrogen-bond donors (Lipinski definition) is 2. The number of nitrogens with two attached hydrogens (primary N) is 2. The smallest absolute Gasteiger partial charge is 0.185 e. The van der Waals surface area contributed by atoms with E-state index in [-0.39, 0.29) is 5.96 Å². The summed E-state index contributed by atoms with van der Waals surface area (Å²) >= 11 is 0. The third-order valence-corrected chi connectivity index (χ3v) is 3.22. The van der Waals surface area contributed by atoms with Crippen LogP contribution < -0.4 is 11.5 Å². The second kappa shape index (κ2) is 8.43. The van der Waals surface area contributed by atoms with E-state index < -0.39 is 0 Å². The lowest BCUT2D eigenvalue weighted by Gasteiger charge is -2.29. The maximum Gasteiger partial charge on any atom is 0.185 e. The van der Waals surface area contributed by atoms with E-state index in [1.807, 2.05) is 0 Å². The number of guanidine groups is 1. The van der Waals surface area contributed by atoms with E-state index in [0.717, 1.165) is 13.0 Å². The van der Waals surface area contributed by atoms with E-state index in [1.54, 1.807) is 0 Å². The van der Waals surface area contributed by atoms with Crippen LogP contribution in [0.2, 0.25) is 0 Å². The minimum atomic E-state index is 0.214. The Morgan fingerprint density at radius 3 is 2.12 bits per heavy atom. The zero-order valence-corrected chi connectivity index (χ0v) is 11.3. The molecule has 0 aromatic rings. The number of nitrogens with zero attached hydrogens (tertiary/aromatic N) is 1. The van der Waals surface area contributed by atoms with E-state index >= 15 is 0 Å². The van der Waals surface area contributed by atoms with Crippen LogP contribution in [-0.2, 0) is 0 Å². The van der Waals surface area contributed by atoms with Crippen molar-refractivity contribution in [1.29, 1.82) is 0 Å². The highest BCUT2D eigenvalue weighted by Gasteiger charge is 2.21. The van der Waals surface area contributed by atoms with Gasteiger partial charge in [-0.25, -0.2) is 0 Å². The molecule has 3 heteroatoms. The molecule has 16 heavy (non-hydrogen) atoms. The van der Waals surface area contributed by atoms with E-state index in [9.17, 15) is 0 Å². The molecule has 0 heterocycles. The Morgan fingerprint density at radius 2 is 1.62 bits per heavy atom. The van der Waals surface area contributed by atoms with Crippen LogP contribution in [0.3, 0.4) is 0 Å². The molecular weight excluding hydrogens is 198 g/mol. The summed E-state index contributed by atoms with van der Waals surface area (Å²) in [5.74, 6) is 0.214. The summed E-state index contributed by atoms with van der Waals surface area (Å²) in [6.07, 6.45) is 8.86. The lowest BCUT2D eigenvalue weighted by molar-refractivity contribution is 0.235. The van der Waals surface area contributed by atoms with Crippen molar-refractivity contribution in [1.82, 2.24) is 0 Å². The van der Waals surface area contributed by atoms with Crippen LogP contribution in [0.25, 0.3) is 0 Å². The molecule has 0 aromatic carbocycles. The highest BCUT2D eigenvalue weighted by atomic mass is 15.0. The van der Waals surface area contributed by atoms with Crippen LogP contribution in [0.15, 0.2) is 4.99 Å². The van der Waals surface area contributed by atoms with Crippen LogP contribution in [0.4, 0.5) is 0 Å². The average molecular weight is 227 g/mol. The SMILES string of the molecule is CCCCC(C)(CCC)CCCN=C(N)N. The molecule has 1 atom stereocenters. The van der Waals surface area contributed by atoms with Gasteiger partial charge in [0.25, 0.3) is 0 Å². The first-order valence-electron chi connectivity index (χ1n) is 6.59. The maximum absolute atomic E-state index is 5.31. The van der Waals surface area contributed by atoms with Gasteiger partial charge in [-0.05, 0) is 31.1 Å². The molecule has 0 saturated heterocycles. The molecule has 0 fully saturated rings. The van der Waals surface area contributed by atoms with Crippen molar-refractivity contribution < 1.29 is 0 Å². The van der Waals surface area contributed by atoms with Gasteiger partial charge in [-0.2, -0.15) is 0 Å². The highest BCUT2D eigenvalue weighted by molar-refractivity contribution is 5.75. The standard InChI is InChI=1S/C13H29N3/c1-4-6-9-13(3,8-5-2)10-7-11-16-12(14)15/h4-11H2,1-3H3,(H4,14,15,16). The lowest BCUT2D eigenvalue weighted by Crippen LogP contribution is -2.23. The molecule has 0 aromatic heterocycles. The molecule has 0 bridgehead atoms. The first kappa shape index (κ1) is 15.3. The lowest BCUT2D eigenvalue weighted by atomic mass is 9.77. The zero-order chi connectivity index (χ0) is 12.4. The Labute approximate surface area is 101 Å². The molecule has 1 unspecified atom stereocenters. The van der Waals surface area contributed by atoms with Gasteiger partial charge in [0.2, 0.25) is 0 Å². The third-order valence-electron chi connectivity index (χ3n) is 3.22. The molecular formula is C13H29N3. The fraction of sp³-hybridized carbons (Fsp3) is 0.923. The Bertz CT molecular complexity index is 197. The Hall–Kier alpha value is -0.730. The van der Waals surface area contributed by atoms with Gasteiger partial charge in [-0.3, -0.25) is 4.99 Å². The fourth-order valence-electron chi connectivity index (χ4n) is 2.30. The fourth-order valence-corrected chi connectivity index (χ4v) is 2.30. The topological polar surface area (TPSA) is 64.4 Å².